The quantitative estimate of drug-likeness (QED) is 0.115. The van der Waals surface area contributed by atoms with Gasteiger partial charge >= 0.3 is 21.1 Å². The average Bonchev–Trinajstić information content (AvgIpc) is 3.73. The number of ether oxygens (including phenoxy) is 1. The van der Waals surface area contributed by atoms with Crippen molar-refractivity contribution in [1.29, 1.82) is 0 Å². The van der Waals surface area contributed by atoms with E-state index in [2.05, 4.69) is 144 Å². The van der Waals surface area contributed by atoms with Crippen molar-refractivity contribution in [2.24, 2.45) is 11.8 Å². The molecule has 7 rings (SSSR count). The smallest absolute Gasteiger partial charge is 0.509 e. The molecule has 0 bridgehead atoms. The van der Waals surface area contributed by atoms with Crippen LogP contribution in [-0.4, -0.2) is 19.3 Å². The van der Waals surface area contributed by atoms with Gasteiger partial charge in [0.25, 0.3) is 0 Å². The van der Waals surface area contributed by atoms with E-state index in [9.17, 15) is 0 Å². The van der Waals surface area contributed by atoms with Crippen LogP contribution in [0.5, 0.6) is 11.5 Å². The summed E-state index contributed by atoms with van der Waals surface area (Å²) < 4.78 is 10.7. The van der Waals surface area contributed by atoms with E-state index in [1.165, 1.54) is 22.3 Å². The number of hydrogen-bond acceptors (Lipinski definition) is 3. The first kappa shape index (κ1) is 37.3. The fourth-order valence-corrected chi connectivity index (χ4v) is 6.92. The number of rotatable bonds is 12. The van der Waals surface area contributed by atoms with Crippen LogP contribution in [0.4, 0.5) is 0 Å². The van der Waals surface area contributed by atoms with Gasteiger partial charge in [-0.3, -0.25) is 4.68 Å². The van der Waals surface area contributed by atoms with Gasteiger partial charge < -0.3 is 9.30 Å². The van der Waals surface area contributed by atoms with E-state index in [0.717, 1.165) is 70.1 Å². The van der Waals surface area contributed by atoms with Gasteiger partial charge in [0.15, 0.2) is 0 Å². The second kappa shape index (κ2) is 16.0. The number of hydrogen-bond donors (Lipinski definition) is 0. The number of aryl methyl sites for hydroxylation is 3. The van der Waals surface area contributed by atoms with Crippen LogP contribution < -0.4 is 4.74 Å². The van der Waals surface area contributed by atoms with Gasteiger partial charge in [-0.15, -0.1) is 41.3 Å². The van der Waals surface area contributed by atoms with Crippen LogP contribution in [-0.2, 0) is 33.9 Å². The molecule has 0 N–H and O–H groups in total. The third-order valence-corrected chi connectivity index (χ3v) is 9.81. The summed E-state index contributed by atoms with van der Waals surface area (Å²) in [7, 11) is 0. The molecule has 5 nitrogen and oxygen atoms in total. The molecule has 0 atom stereocenters. The molecule has 0 fully saturated rings. The number of pyridine rings is 1. The van der Waals surface area contributed by atoms with Gasteiger partial charge in [-0.2, -0.15) is 11.2 Å². The zero-order valence-corrected chi connectivity index (χ0v) is 33.6. The molecule has 3 heterocycles. The predicted molar refractivity (Wildman–Crippen MR) is 210 cm³/mol. The summed E-state index contributed by atoms with van der Waals surface area (Å²) in [4.78, 5) is 4.84. The Morgan fingerprint density at radius 2 is 1.56 bits per heavy atom. The predicted octanol–water partition coefficient (Wildman–Crippen LogP) is 12.0. The Balaban J connectivity index is 0.00000464. The van der Waals surface area contributed by atoms with E-state index in [1.54, 1.807) is 0 Å². The molecule has 0 aliphatic carbocycles. The summed E-state index contributed by atoms with van der Waals surface area (Å²) in [5.41, 5.74) is 10.3. The fourth-order valence-electron chi connectivity index (χ4n) is 6.92. The second-order valence-electron chi connectivity index (χ2n) is 15.0. The normalized spacial score (nSPS) is 11.7. The Morgan fingerprint density at radius 1 is 0.769 bits per heavy atom. The topological polar surface area (TPSA) is 44.9 Å². The number of nitrogens with zero attached hydrogens (tertiary/aromatic N) is 4. The van der Waals surface area contributed by atoms with Gasteiger partial charge in [0.2, 0.25) is 0 Å². The maximum Gasteiger partial charge on any atom is 2.00 e. The Labute approximate surface area is 323 Å². The Morgan fingerprint density at radius 3 is 2.35 bits per heavy atom. The van der Waals surface area contributed by atoms with Gasteiger partial charge in [0.05, 0.1) is 6.20 Å². The minimum absolute atomic E-state index is 0. The number of benzene rings is 4. The first-order chi connectivity index (χ1) is 24.6. The SMILES string of the molecule is Cc1cccc(CCC(C)C)c1-c1cnn(-c2[c-]c(Oc3[c-]c4c(cc3)c3ccccc3n4-c3cc(CCC(C)C)ccn3)cc(C(C)C)c2)c1.[Pt+2]. The van der Waals surface area contributed by atoms with E-state index in [-0.39, 0.29) is 27.0 Å². The number of fused-ring (bicyclic) bond motifs is 3. The summed E-state index contributed by atoms with van der Waals surface area (Å²) in [6.45, 7) is 15.7. The summed E-state index contributed by atoms with van der Waals surface area (Å²) in [5, 5.41) is 7.12. The third-order valence-electron chi connectivity index (χ3n) is 9.81. The molecule has 0 aliphatic rings. The molecule has 6 heteroatoms. The largest absolute Gasteiger partial charge is 2.00 e. The maximum atomic E-state index is 6.61. The molecule has 0 unspecified atom stereocenters. The maximum absolute atomic E-state index is 6.61. The minimum atomic E-state index is 0. The van der Waals surface area contributed by atoms with Gasteiger partial charge in [0, 0.05) is 35.0 Å². The summed E-state index contributed by atoms with van der Waals surface area (Å²) in [5.74, 6) is 3.73. The van der Waals surface area contributed by atoms with Gasteiger partial charge in [-0.1, -0.05) is 83.5 Å². The molecule has 3 aromatic heterocycles. The Hall–Kier alpha value is -4.47. The Kier molecular flexibility index (Phi) is 11.5. The van der Waals surface area contributed by atoms with Crippen molar-refractivity contribution < 1.29 is 25.8 Å². The van der Waals surface area contributed by atoms with E-state index in [1.807, 2.05) is 23.1 Å². The molecule has 4 aromatic carbocycles. The number of aromatic nitrogens is 4. The van der Waals surface area contributed by atoms with Crippen LogP contribution in [0.1, 0.15) is 82.6 Å². The molecule has 268 valence electrons. The van der Waals surface area contributed by atoms with Crippen LogP contribution in [0.3, 0.4) is 0 Å². The molecule has 52 heavy (non-hydrogen) atoms. The zero-order chi connectivity index (χ0) is 35.6. The molecule has 0 spiro atoms. The van der Waals surface area contributed by atoms with Gasteiger partial charge in [-0.25, -0.2) is 4.98 Å². The van der Waals surface area contributed by atoms with Crippen LogP contribution >= 0.6 is 0 Å². The van der Waals surface area contributed by atoms with E-state index >= 15 is 0 Å². The van der Waals surface area contributed by atoms with E-state index in [4.69, 9.17) is 14.8 Å². The number of para-hydroxylation sites is 1. The van der Waals surface area contributed by atoms with Gasteiger partial charge in [0.1, 0.15) is 5.82 Å². The van der Waals surface area contributed by atoms with Crippen molar-refractivity contribution in [3.05, 3.63) is 132 Å². The molecule has 0 saturated heterocycles. The van der Waals surface area contributed by atoms with Crippen molar-refractivity contribution >= 4 is 21.8 Å². The van der Waals surface area contributed by atoms with Crippen molar-refractivity contribution in [2.75, 3.05) is 0 Å². The summed E-state index contributed by atoms with van der Waals surface area (Å²) in [6, 6.07) is 35.0. The fraction of sp³-hybridized carbons (Fsp3) is 0.304. The monoisotopic (exact) mass is 867 g/mol. The third kappa shape index (κ3) is 7.95. The first-order valence-corrected chi connectivity index (χ1v) is 18.4. The summed E-state index contributed by atoms with van der Waals surface area (Å²) in [6.07, 6.45) is 10.4. The van der Waals surface area contributed by atoms with Crippen LogP contribution in [0.25, 0.3) is 44.4 Å². The summed E-state index contributed by atoms with van der Waals surface area (Å²) >= 11 is 0. The minimum Gasteiger partial charge on any atom is -0.509 e. The molecular formula is C46H48N4OPt. The average molecular weight is 868 g/mol. The van der Waals surface area contributed by atoms with Crippen molar-refractivity contribution in [1.82, 2.24) is 19.3 Å². The molecule has 0 amide bonds. The van der Waals surface area contributed by atoms with Crippen molar-refractivity contribution in [3.8, 4) is 34.1 Å². The zero-order valence-electron chi connectivity index (χ0n) is 31.3. The first-order valence-electron chi connectivity index (χ1n) is 18.4. The van der Waals surface area contributed by atoms with Crippen LogP contribution in [0.15, 0.2) is 97.5 Å². The molecule has 7 aromatic rings. The Bertz CT molecular complexity index is 2310. The van der Waals surface area contributed by atoms with E-state index in [0.29, 0.717) is 23.3 Å². The molecule has 0 radical (unpaired) electrons. The molecule has 0 saturated carbocycles. The second-order valence-corrected chi connectivity index (χ2v) is 15.0. The van der Waals surface area contributed by atoms with E-state index < -0.39 is 0 Å². The molecular weight excluding hydrogens is 820 g/mol. The van der Waals surface area contributed by atoms with Crippen LogP contribution in [0.2, 0.25) is 0 Å². The molecule has 0 aliphatic heterocycles. The van der Waals surface area contributed by atoms with Gasteiger partial charge in [-0.05, 0) is 102 Å². The van der Waals surface area contributed by atoms with Crippen LogP contribution in [0, 0.1) is 30.9 Å². The van der Waals surface area contributed by atoms with Crippen molar-refractivity contribution in [2.45, 2.75) is 80.1 Å². The standard InChI is InChI=1S/C46H48N4O.Pt/c1-30(2)15-17-34-21-22-47-45(23-34)50-43-14-9-8-13-41(43)42-20-19-39(27-44(42)50)51-40-25-36(32(5)6)24-38(26-40)49-29-37(28-48-49)46-33(7)11-10-12-35(46)18-16-31(3)4;/h8-14,19-25,28-32H,15-18H2,1-7H3;/q-2;+2. The van der Waals surface area contributed by atoms with Crippen molar-refractivity contribution in [3.63, 3.8) is 0 Å².